The molecular formula is C23H26N6O. The van der Waals surface area contributed by atoms with Crippen LogP contribution in [0.2, 0.25) is 0 Å². The Morgan fingerprint density at radius 1 is 1.30 bits per heavy atom. The molecule has 3 heterocycles. The largest absolute Gasteiger partial charge is 0.353 e. The van der Waals surface area contributed by atoms with Crippen molar-refractivity contribution < 1.29 is 4.79 Å². The van der Waals surface area contributed by atoms with Crippen molar-refractivity contribution in [1.82, 2.24) is 25.0 Å². The zero-order valence-corrected chi connectivity index (χ0v) is 17.6. The summed E-state index contributed by atoms with van der Waals surface area (Å²) in [6.07, 6.45) is 6.70. The molecule has 0 saturated heterocycles. The number of aromatic nitrogens is 5. The quantitative estimate of drug-likeness (QED) is 0.542. The fourth-order valence-electron chi connectivity index (χ4n) is 4.30. The number of carbonyl (C=O) groups is 1. The molecule has 0 atom stereocenters. The van der Waals surface area contributed by atoms with E-state index in [1.54, 1.807) is 29.0 Å². The number of rotatable bonds is 4. The lowest BCUT2D eigenvalue weighted by atomic mass is 9.76. The summed E-state index contributed by atoms with van der Waals surface area (Å²) in [6, 6.07) is 9.99. The molecule has 1 amide bonds. The van der Waals surface area contributed by atoms with E-state index in [9.17, 15) is 4.79 Å². The predicted molar refractivity (Wildman–Crippen MR) is 117 cm³/mol. The molecule has 3 aromatic heterocycles. The van der Waals surface area contributed by atoms with E-state index < -0.39 is 0 Å². The average Bonchev–Trinajstić information content (AvgIpc) is 3.44. The number of nitrogens with one attached hydrogen (secondary N) is 2. The predicted octanol–water partition coefficient (Wildman–Crippen LogP) is 3.93. The normalized spacial score (nSPS) is 15.3. The maximum absolute atomic E-state index is 12.6. The minimum absolute atomic E-state index is 0.0196. The van der Waals surface area contributed by atoms with Gasteiger partial charge in [-0.05, 0) is 48.9 Å². The van der Waals surface area contributed by atoms with Gasteiger partial charge in [-0.1, -0.05) is 19.9 Å². The first-order chi connectivity index (χ1) is 14.4. The Morgan fingerprint density at radius 2 is 2.17 bits per heavy atom. The van der Waals surface area contributed by atoms with Crippen molar-refractivity contribution in [2.75, 3.05) is 11.9 Å². The van der Waals surface area contributed by atoms with Gasteiger partial charge in [0.05, 0.1) is 5.69 Å². The topological polar surface area (TPSA) is 82.6 Å². The Kier molecular flexibility index (Phi) is 4.27. The average molecular weight is 403 g/mol. The number of amides is 1. The summed E-state index contributed by atoms with van der Waals surface area (Å²) in [4.78, 5) is 17.8. The van der Waals surface area contributed by atoms with Crippen molar-refractivity contribution in [3.63, 3.8) is 0 Å². The zero-order chi connectivity index (χ0) is 20.9. The molecule has 30 heavy (non-hydrogen) atoms. The lowest BCUT2D eigenvalue weighted by Crippen LogP contribution is -2.30. The smallest absolute Gasteiger partial charge is 0.248 e. The highest BCUT2D eigenvalue weighted by atomic mass is 16.2. The zero-order valence-electron chi connectivity index (χ0n) is 17.6. The summed E-state index contributed by atoms with van der Waals surface area (Å²) in [5.74, 6) is -0.0196. The summed E-state index contributed by atoms with van der Waals surface area (Å²) in [7, 11) is 1.79. The van der Waals surface area contributed by atoms with Crippen LogP contribution < -0.4 is 4.90 Å². The SMILES string of the molecule is CN(C(=O)Cn1cccn1)c1ccc2cc(-c3n[nH]c4c3CCC(C)(C)C4)[nH]c2c1. The summed E-state index contributed by atoms with van der Waals surface area (Å²) in [5.41, 5.74) is 6.77. The van der Waals surface area contributed by atoms with Gasteiger partial charge in [0.25, 0.3) is 0 Å². The van der Waals surface area contributed by atoms with Gasteiger partial charge in [0.15, 0.2) is 0 Å². The number of hydrogen-bond donors (Lipinski definition) is 2. The molecule has 7 heteroatoms. The van der Waals surface area contributed by atoms with Crippen LogP contribution in [-0.2, 0) is 24.2 Å². The van der Waals surface area contributed by atoms with Crippen LogP contribution in [0, 0.1) is 5.41 Å². The standard InChI is InChI=1S/C23H26N6O/c1-23(2)8-7-17-20(13-23)26-27-22(17)19-11-15-5-6-16(12-18(15)25-19)28(3)21(30)14-29-10-4-9-24-29/h4-6,9-12,25H,7-8,13-14H2,1-3H3,(H,26,27). The van der Waals surface area contributed by atoms with Crippen LogP contribution in [-0.4, -0.2) is 37.9 Å². The minimum Gasteiger partial charge on any atom is -0.353 e. The fourth-order valence-corrected chi connectivity index (χ4v) is 4.30. The molecule has 7 nitrogen and oxygen atoms in total. The van der Waals surface area contributed by atoms with Crippen LogP contribution in [0.15, 0.2) is 42.7 Å². The number of H-pyrrole nitrogens is 2. The molecule has 2 N–H and O–H groups in total. The van der Waals surface area contributed by atoms with Crippen LogP contribution in [0.3, 0.4) is 0 Å². The molecule has 0 radical (unpaired) electrons. The number of carbonyl (C=O) groups excluding carboxylic acids is 1. The Hall–Kier alpha value is -3.35. The molecule has 0 aliphatic heterocycles. The molecule has 0 saturated carbocycles. The lowest BCUT2D eigenvalue weighted by molar-refractivity contribution is -0.119. The molecule has 0 unspecified atom stereocenters. The first-order valence-corrected chi connectivity index (χ1v) is 10.3. The van der Waals surface area contributed by atoms with Crippen molar-refractivity contribution in [3.8, 4) is 11.4 Å². The number of fused-ring (bicyclic) bond motifs is 2. The lowest BCUT2D eigenvalue weighted by Gasteiger charge is -2.28. The summed E-state index contributed by atoms with van der Waals surface area (Å²) in [6.45, 7) is 4.84. The number of likely N-dealkylation sites (N-methyl/N-ethyl adjacent to an activating group) is 1. The van der Waals surface area contributed by atoms with Crippen molar-refractivity contribution in [3.05, 3.63) is 54.0 Å². The monoisotopic (exact) mass is 402 g/mol. The number of aromatic amines is 2. The second-order valence-electron chi connectivity index (χ2n) is 8.98. The van der Waals surface area contributed by atoms with E-state index in [1.807, 2.05) is 24.3 Å². The molecule has 154 valence electrons. The van der Waals surface area contributed by atoms with Crippen LogP contribution >= 0.6 is 0 Å². The molecule has 1 aromatic carbocycles. The van der Waals surface area contributed by atoms with Crippen LogP contribution in [0.4, 0.5) is 5.69 Å². The van der Waals surface area contributed by atoms with E-state index in [0.29, 0.717) is 5.41 Å². The van der Waals surface area contributed by atoms with Gasteiger partial charge in [0.2, 0.25) is 5.91 Å². The molecule has 1 aliphatic carbocycles. The second kappa shape index (κ2) is 6.86. The van der Waals surface area contributed by atoms with Gasteiger partial charge in [-0.15, -0.1) is 0 Å². The molecule has 4 aromatic rings. The van der Waals surface area contributed by atoms with E-state index >= 15 is 0 Å². The Balaban J connectivity index is 1.42. The molecule has 5 rings (SSSR count). The van der Waals surface area contributed by atoms with E-state index in [-0.39, 0.29) is 12.5 Å². The Morgan fingerprint density at radius 3 is 2.97 bits per heavy atom. The maximum atomic E-state index is 12.6. The summed E-state index contributed by atoms with van der Waals surface area (Å²) >= 11 is 0. The van der Waals surface area contributed by atoms with Gasteiger partial charge < -0.3 is 9.88 Å². The third-order valence-electron chi connectivity index (χ3n) is 6.14. The molecule has 0 fully saturated rings. The Labute approximate surface area is 175 Å². The van der Waals surface area contributed by atoms with Crippen LogP contribution in [0.5, 0.6) is 0 Å². The first-order valence-electron chi connectivity index (χ1n) is 10.3. The number of hydrogen-bond acceptors (Lipinski definition) is 3. The first kappa shape index (κ1) is 18.7. The van der Waals surface area contributed by atoms with Crippen molar-refractivity contribution >= 4 is 22.5 Å². The minimum atomic E-state index is -0.0196. The third-order valence-corrected chi connectivity index (χ3v) is 6.14. The molecule has 0 spiro atoms. The van der Waals surface area contributed by atoms with Gasteiger partial charge in [0, 0.05) is 47.3 Å². The highest BCUT2D eigenvalue weighted by molar-refractivity contribution is 5.96. The van der Waals surface area contributed by atoms with Crippen molar-refractivity contribution in [2.45, 2.75) is 39.7 Å². The van der Waals surface area contributed by atoms with Crippen LogP contribution in [0.1, 0.15) is 31.5 Å². The van der Waals surface area contributed by atoms with Gasteiger partial charge in [-0.2, -0.15) is 10.2 Å². The number of anilines is 1. The van der Waals surface area contributed by atoms with Crippen molar-refractivity contribution in [2.24, 2.45) is 5.41 Å². The fraction of sp³-hybridized carbons (Fsp3) is 0.348. The molecular weight excluding hydrogens is 376 g/mol. The van der Waals surface area contributed by atoms with E-state index in [0.717, 1.165) is 40.8 Å². The highest BCUT2D eigenvalue weighted by Crippen LogP contribution is 2.38. The maximum Gasteiger partial charge on any atom is 0.248 e. The molecule has 0 bridgehead atoms. The van der Waals surface area contributed by atoms with Gasteiger partial charge in [-0.25, -0.2) is 0 Å². The van der Waals surface area contributed by atoms with Gasteiger partial charge >= 0.3 is 0 Å². The summed E-state index contributed by atoms with van der Waals surface area (Å²) < 4.78 is 1.63. The van der Waals surface area contributed by atoms with Crippen LogP contribution in [0.25, 0.3) is 22.3 Å². The Bertz CT molecular complexity index is 1210. The highest BCUT2D eigenvalue weighted by Gasteiger charge is 2.29. The van der Waals surface area contributed by atoms with Gasteiger partial charge in [0.1, 0.15) is 12.2 Å². The summed E-state index contributed by atoms with van der Waals surface area (Å²) in [5, 5.41) is 13.1. The van der Waals surface area contributed by atoms with E-state index in [1.165, 1.54) is 17.7 Å². The third kappa shape index (κ3) is 3.30. The number of benzene rings is 1. The van der Waals surface area contributed by atoms with Gasteiger partial charge in [-0.3, -0.25) is 14.6 Å². The van der Waals surface area contributed by atoms with E-state index in [2.05, 4.69) is 40.2 Å². The van der Waals surface area contributed by atoms with E-state index in [4.69, 9.17) is 0 Å². The van der Waals surface area contributed by atoms with Crippen molar-refractivity contribution in [1.29, 1.82) is 0 Å². The molecule has 1 aliphatic rings. The number of nitrogens with zero attached hydrogens (tertiary/aromatic N) is 4. The second-order valence-corrected chi connectivity index (χ2v) is 8.98.